The van der Waals surface area contributed by atoms with Crippen LogP contribution in [-0.2, 0) is 9.59 Å². The molecule has 1 saturated heterocycles. The monoisotopic (exact) mass is 399 g/mol. The smallest absolute Gasteiger partial charge is 0.295 e. The number of ether oxygens (including phenoxy) is 1. The number of aliphatic hydroxyl groups excluding tert-OH is 1. The van der Waals surface area contributed by atoms with Gasteiger partial charge in [-0.05, 0) is 54.8 Å². The van der Waals surface area contributed by atoms with Gasteiger partial charge < -0.3 is 19.8 Å². The zero-order valence-corrected chi connectivity index (χ0v) is 16.4. The minimum absolute atomic E-state index is 0.0981. The molecular weight excluding hydrogens is 377 g/mol. The van der Waals surface area contributed by atoms with Crippen LogP contribution in [0.1, 0.15) is 36.1 Å². The Morgan fingerprint density at radius 1 is 1.21 bits per heavy atom. The Hall–Kier alpha value is -3.35. The van der Waals surface area contributed by atoms with Crippen molar-refractivity contribution < 1.29 is 28.9 Å². The molecule has 1 unspecified atom stereocenters. The van der Waals surface area contributed by atoms with E-state index in [0.29, 0.717) is 24.1 Å². The number of hydrogen-bond donors (Lipinski definition) is 2. The molecule has 1 amide bonds. The molecule has 0 bridgehead atoms. The minimum atomic E-state index is -0.878. The van der Waals surface area contributed by atoms with Gasteiger partial charge in [0.05, 0.1) is 18.7 Å². The first-order valence-corrected chi connectivity index (χ1v) is 9.22. The van der Waals surface area contributed by atoms with Crippen LogP contribution in [0.4, 0.5) is 4.39 Å². The lowest BCUT2D eigenvalue weighted by Crippen LogP contribution is -2.30. The maximum Gasteiger partial charge on any atom is 0.295 e. The summed E-state index contributed by atoms with van der Waals surface area (Å²) in [7, 11) is 1.41. The summed E-state index contributed by atoms with van der Waals surface area (Å²) in [5, 5.41) is 21.1. The molecule has 0 radical (unpaired) electrons. The number of carbonyl (C=O) groups excluding carboxylic acids is 2. The van der Waals surface area contributed by atoms with Gasteiger partial charge in [-0.25, -0.2) is 4.39 Å². The van der Waals surface area contributed by atoms with Gasteiger partial charge in [0.1, 0.15) is 11.6 Å². The minimum Gasteiger partial charge on any atom is -0.507 e. The molecule has 7 heteroatoms. The zero-order valence-electron chi connectivity index (χ0n) is 16.4. The van der Waals surface area contributed by atoms with E-state index in [4.69, 9.17) is 4.74 Å². The Morgan fingerprint density at radius 3 is 2.52 bits per heavy atom. The van der Waals surface area contributed by atoms with Gasteiger partial charge >= 0.3 is 0 Å². The van der Waals surface area contributed by atoms with E-state index in [2.05, 4.69) is 0 Å². The van der Waals surface area contributed by atoms with Crippen LogP contribution in [0.2, 0.25) is 0 Å². The molecule has 29 heavy (non-hydrogen) atoms. The quantitative estimate of drug-likeness (QED) is 0.455. The third-order valence-electron chi connectivity index (χ3n) is 4.95. The highest BCUT2D eigenvalue weighted by molar-refractivity contribution is 6.46. The maximum absolute atomic E-state index is 13.6. The molecule has 1 atom stereocenters. The Labute approximate surface area is 167 Å². The van der Waals surface area contributed by atoms with Crippen molar-refractivity contribution in [1.82, 2.24) is 4.90 Å². The molecule has 0 aromatic heterocycles. The van der Waals surface area contributed by atoms with Crippen LogP contribution in [-0.4, -0.2) is 40.5 Å². The van der Waals surface area contributed by atoms with Crippen LogP contribution in [0.3, 0.4) is 0 Å². The van der Waals surface area contributed by atoms with Crippen LogP contribution in [0, 0.1) is 12.7 Å². The number of rotatable bonds is 5. The summed E-state index contributed by atoms with van der Waals surface area (Å²) in [5.41, 5.74) is 0.895. The lowest BCUT2D eigenvalue weighted by molar-refractivity contribution is -0.139. The predicted molar refractivity (Wildman–Crippen MR) is 105 cm³/mol. The summed E-state index contributed by atoms with van der Waals surface area (Å²) < 4.78 is 18.7. The Bertz CT molecular complexity index is 1010. The van der Waals surface area contributed by atoms with Gasteiger partial charge in [0.25, 0.3) is 11.7 Å². The summed E-state index contributed by atoms with van der Waals surface area (Å²) in [5.74, 6) is -2.28. The van der Waals surface area contributed by atoms with E-state index in [9.17, 15) is 24.2 Å². The number of phenols is 1. The lowest BCUT2D eigenvalue weighted by Gasteiger charge is -2.25. The normalized spacial score (nSPS) is 18.3. The molecule has 2 aromatic rings. The van der Waals surface area contributed by atoms with E-state index in [1.54, 1.807) is 13.0 Å². The van der Waals surface area contributed by atoms with Gasteiger partial charge in [0.15, 0.2) is 11.5 Å². The zero-order chi connectivity index (χ0) is 21.3. The molecule has 6 nitrogen and oxygen atoms in total. The van der Waals surface area contributed by atoms with Crippen molar-refractivity contribution in [2.75, 3.05) is 13.7 Å². The summed E-state index contributed by atoms with van der Waals surface area (Å²) in [4.78, 5) is 26.8. The van der Waals surface area contributed by atoms with E-state index in [1.165, 1.54) is 42.3 Å². The molecule has 1 aliphatic heterocycles. The van der Waals surface area contributed by atoms with Crippen LogP contribution in [0.5, 0.6) is 11.5 Å². The molecule has 2 aromatic carbocycles. The molecule has 1 fully saturated rings. The number of aliphatic hydroxyl groups is 1. The second-order valence-electron chi connectivity index (χ2n) is 6.89. The standard InChI is InChI=1S/C22H22FNO5/c1-4-9-24-19(13-6-8-17(29-3)16(25)11-13)18(21(27)22(24)28)20(26)14-5-7-15(23)12(2)10-14/h5-8,10-11,19,25-26H,4,9H2,1-3H3/b20-18-. The van der Waals surface area contributed by atoms with Crippen molar-refractivity contribution in [3.8, 4) is 11.5 Å². The number of aromatic hydroxyl groups is 1. The van der Waals surface area contributed by atoms with Crippen molar-refractivity contribution in [2.24, 2.45) is 0 Å². The predicted octanol–water partition coefficient (Wildman–Crippen LogP) is 3.68. The summed E-state index contributed by atoms with van der Waals surface area (Å²) in [6, 6.07) is 7.65. The Balaban J connectivity index is 2.21. The van der Waals surface area contributed by atoms with Gasteiger partial charge in [-0.2, -0.15) is 0 Å². The third-order valence-corrected chi connectivity index (χ3v) is 4.95. The third kappa shape index (κ3) is 3.55. The first-order valence-electron chi connectivity index (χ1n) is 9.22. The van der Waals surface area contributed by atoms with Gasteiger partial charge in [-0.3, -0.25) is 9.59 Å². The lowest BCUT2D eigenvalue weighted by atomic mass is 9.94. The molecule has 0 aliphatic carbocycles. The number of halogens is 1. The van der Waals surface area contributed by atoms with Gasteiger partial charge in [-0.1, -0.05) is 13.0 Å². The average Bonchev–Trinajstić information content (AvgIpc) is 2.94. The molecule has 3 rings (SSSR count). The van der Waals surface area contributed by atoms with Crippen molar-refractivity contribution >= 4 is 17.4 Å². The fourth-order valence-corrected chi connectivity index (χ4v) is 3.52. The van der Waals surface area contributed by atoms with Crippen molar-refractivity contribution in [3.05, 3.63) is 64.5 Å². The second-order valence-corrected chi connectivity index (χ2v) is 6.89. The fourth-order valence-electron chi connectivity index (χ4n) is 3.52. The number of hydrogen-bond acceptors (Lipinski definition) is 5. The largest absolute Gasteiger partial charge is 0.507 e. The summed E-state index contributed by atoms with van der Waals surface area (Å²) >= 11 is 0. The van der Waals surface area contributed by atoms with E-state index in [0.717, 1.165) is 0 Å². The molecule has 0 saturated carbocycles. The number of amides is 1. The number of aryl methyl sites for hydroxylation is 1. The highest BCUT2D eigenvalue weighted by atomic mass is 19.1. The SMILES string of the molecule is CCCN1C(=O)C(=O)/C(=C(\O)c2ccc(F)c(C)c2)C1c1ccc(OC)c(O)c1. The first-order chi connectivity index (χ1) is 13.8. The average molecular weight is 399 g/mol. The number of likely N-dealkylation sites (tertiary alicyclic amines) is 1. The number of nitrogens with zero attached hydrogens (tertiary/aromatic N) is 1. The van der Waals surface area contributed by atoms with Crippen molar-refractivity contribution in [3.63, 3.8) is 0 Å². The molecular formula is C22H22FNO5. The highest BCUT2D eigenvalue weighted by Gasteiger charge is 2.45. The molecule has 2 N–H and O–H groups in total. The van der Waals surface area contributed by atoms with Crippen LogP contribution < -0.4 is 4.74 Å². The second kappa shape index (κ2) is 7.95. The number of phenolic OH excluding ortho intramolecular Hbond substituents is 1. The van der Waals surface area contributed by atoms with Crippen molar-refractivity contribution in [1.29, 1.82) is 0 Å². The topological polar surface area (TPSA) is 87.1 Å². The van der Waals surface area contributed by atoms with E-state index >= 15 is 0 Å². The van der Waals surface area contributed by atoms with Gasteiger partial charge in [-0.15, -0.1) is 0 Å². The number of carbonyl (C=O) groups is 2. The van der Waals surface area contributed by atoms with E-state index in [1.807, 2.05) is 6.92 Å². The van der Waals surface area contributed by atoms with E-state index < -0.39 is 23.5 Å². The Morgan fingerprint density at radius 2 is 1.93 bits per heavy atom. The first kappa shape index (κ1) is 20.4. The summed E-state index contributed by atoms with van der Waals surface area (Å²) in [6.07, 6.45) is 0.599. The van der Waals surface area contributed by atoms with Gasteiger partial charge in [0.2, 0.25) is 0 Å². The maximum atomic E-state index is 13.6. The van der Waals surface area contributed by atoms with Crippen LogP contribution in [0.25, 0.3) is 5.76 Å². The molecule has 1 heterocycles. The van der Waals surface area contributed by atoms with Gasteiger partial charge in [0, 0.05) is 12.1 Å². The number of Topliss-reactive ketones (excluding diaryl/α,β-unsaturated/α-hetero) is 1. The molecule has 152 valence electrons. The number of benzene rings is 2. The summed E-state index contributed by atoms with van der Waals surface area (Å²) in [6.45, 7) is 3.70. The fraction of sp³-hybridized carbons (Fsp3) is 0.273. The number of methoxy groups -OCH3 is 1. The molecule has 0 spiro atoms. The number of ketones is 1. The molecule has 1 aliphatic rings. The van der Waals surface area contributed by atoms with Crippen LogP contribution >= 0.6 is 0 Å². The Kier molecular flexibility index (Phi) is 5.59. The van der Waals surface area contributed by atoms with Crippen molar-refractivity contribution in [2.45, 2.75) is 26.3 Å². The van der Waals surface area contributed by atoms with E-state index in [-0.39, 0.29) is 28.4 Å². The highest BCUT2D eigenvalue weighted by Crippen LogP contribution is 2.41. The van der Waals surface area contributed by atoms with Crippen LogP contribution in [0.15, 0.2) is 42.0 Å².